The van der Waals surface area contributed by atoms with Crippen LogP contribution < -0.4 is 10.5 Å². The molecular formula is C18H30N4O. The third kappa shape index (κ3) is 4.86. The largest absolute Gasteiger partial charge is 0.497 e. The van der Waals surface area contributed by atoms with Crippen LogP contribution in [0.25, 0.3) is 0 Å². The summed E-state index contributed by atoms with van der Waals surface area (Å²) in [5, 5.41) is 0. The molecule has 1 heterocycles. The Balaban J connectivity index is 2.05. The summed E-state index contributed by atoms with van der Waals surface area (Å²) in [7, 11) is 5.83. The minimum atomic E-state index is 0.187. The molecule has 1 saturated heterocycles. The van der Waals surface area contributed by atoms with Gasteiger partial charge >= 0.3 is 0 Å². The zero-order valence-electron chi connectivity index (χ0n) is 14.8. The van der Waals surface area contributed by atoms with Crippen molar-refractivity contribution in [3.05, 3.63) is 29.8 Å². The SMILES string of the molecule is COc1cccc(C(CN=C(N)N2CCC(C)CC2)N(C)C)c1. The van der Waals surface area contributed by atoms with Crippen LogP contribution in [-0.2, 0) is 0 Å². The number of aliphatic imine (C=N–C) groups is 1. The van der Waals surface area contributed by atoms with Gasteiger partial charge < -0.3 is 20.3 Å². The molecular weight excluding hydrogens is 288 g/mol. The highest BCUT2D eigenvalue weighted by atomic mass is 16.5. The molecule has 128 valence electrons. The van der Waals surface area contributed by atoms with E-state index in [0.717, 1.165) is 24.8 Å². The van der Waals surface area contributed by atoms with E-state index in [-0.39, 0.29) is 6.04 Å². The fourth-order valence-corrected chi connectivity index (χ4v) is 2.93. The molecule has 23 heavy (non-hydrogen) atoms. The van der Waals surface area contributed by atoms with Crippen LogP contribution in [0.2, 0.25) is 0 Å². The molecule has 1 aromatic rings. The van der Waals surface area contributed by atoms with Gasteiger partial charge in [-0.2, -0.15) is 0 Å². The summed E-state index contributed by atoms with van der Waals surface area (Å²) in [6.45, 7) is 4.98. The minimum Gasteiger partial charge on any atom is -0.497 e. The summed E-state index contributed by atoms with van der Waals surface area (Å²) in [5.74, 6) is 2.34. The highest BCUT2D eigenvalue weighted by Crippen LogP contribution is 2.23. The van der Waals surface area contributed by atoms with Crippen LogP contribution in [-0.4, -0.2) is 56.6 Å². The van der Waals surface area contributed by atoms with Gasteiger partial charge in [0.1, 0.15) is 5.75 Å². The molecule has 0 amide bonds. The third-order valence-electron chi connectivity index (χ3n) is 4.64. The van der Waals surface area contributed by atoms with Crippen LogP contribution in [0.4, 0.5) is 0 Å². The van der Waals surface area contributed by atoms with E-state index in [2.05, 4.69) is 47.9 Å². The fourth-order valence-electron chi connectivity index (χ4n) is 2.93. The normalized spacial score (nSPS) is 18.3. The number of benzene rings is 1. The second kappa shape index (κ2) is 8.20. The van der Waals surface area contributed by atoms with Crippen molar-refractivity contribution in [3.8, 4) is 5.75 Å². The summed E-state index contributed by atoms with van der Waals surface area (Å²) in [6, 6.07) is 8.35. The van der Waals surface area contributed by atoms with Crippen molar-refractivity contribution >= 4 is 5.96 Å². The van der Waals surface area contributed by atoms with E-state index < -0.39 is 0 Å². The Labute approximate surface area is 140 Å². The van der Waals surface area contributed by atoms with Gasteiger partial charge in [0.05, 0.1) is 19.7 Å². The molecule has 1 fully saturated rings. The summed E-state index contributed by atoms with van der Waals surface area (Å²) in [4.78, 5) is 9.04. The Kier molecular flexibility index (Phi) is 6.28. The Hall–Kier alpha value is -1.75. The topological polar surface area (TPSA) is 54.1 Å². The van der Waals surface area contributed by atoms with Gasteiger partial charge in [-0.05, 0) is 50.6 Å². The molecule has 1 aliphatic heterocycles. The molecule has 1 aliphatic rings. The van der Waals surface area contributed by atoms with Crippen molar-refractivity contribution in [3.63, 3.8) is 0 Å². The Morgan fingerprint density at radius 2 is 2.09 bits per heavy atom. The van der Waals surface area contributed by atoms with E-state index in [9.17, 15) is 0 Å². The van der Waals surface area contributed by atoms with Crippen LogP contribution in [0, 0.1) is 5.92 Å². The van der Waals surface area contributed by atoms with Gasteiger partial charge in [0.2, 0.25) is 0 Å². The molecule has 0 bridgehead atoms. The molecule has 1 aromatic carbocycles. The maximum absolute atomic E-state index is 6.21. The summed E-state index contributed by atoms with van der Waals surface area (Å²) < 4.78 is 5.33. The number of hydrogen-bond donors (Lipinski definition) is 1. The predicted octanol–water partition coefficient (Wildman–Crippen LogP) is 2.34. The van der Waals surface area contributed by atoms with Crippen LogP contribution in [0.5, 0.6) is 5.75 Å². The number of piperidine rings is 1. The molecule has 2 N–H and O–H groups in total. The van der Waals surface area contributed by atoms with E-state index in [1.807, 2.05) is 12.1 Å². The van der Waals surface area contributed by atoms with Crippen LogP contribution >= 0.6 is 0 Å². The molecule has 0 saturated carbocycles. The number of likely N-dealkylation sites (N-methyl/N-ethyl adjacent to an activating group) is 1. The first-order valence-corrected chi connectivity index (χ1v) is 8.36. The molecule has 0 aromatic heterocycles. The number of nitrogens with zero attached hydrogens (tertiary/aromatic N) is 3. The average molecular weight is 318 g/mol. The average Bonchev–Trinajstić information content (AvgIpc) is 2.55. The van der Waals surface area contributed by atoms with Gasteiger partial charge in [0.15, 0.2) is 5.96 Å². The molecule has 2 rings (SSSR count). The maximum atomic E-state index is 6.21. The van der Waals surface area contributed by atoms with Crippen molar-refractivity contribution in [2.75, 3.05) is 40.8 Å². The molecule has 5 heteroatoms. The number of guanidine groups is 1. The molecule has 0 spiro atoms. The van der Waals surface area contributed by atoms with Crippen LogP contribution in [0.3, 0.4) is 0 Å². The van der Waals surface area contributed by atoms with E-state index >= 15 is 0 Å². The van der Waals surface area contributed by atoms with Gasteiger partial charge in [-0.25, -0.2) is 0 Å². The van der Waals surface area contributed by atoms with Crippen molar-refractivity contribution in [1.29, 1.82) is 0 Å². The first-order valence-electron chi connectivity index (χ1n) is 8.36. The second-order valence-corrected chi connectivity index (χ2v) is 6.62. The van der Waals surface area contributed by atoms with E-state index in [1.165, 1.54) is 18.4 Å². The monoisotopic (exact) mass is 318 g/mol. The van der Waals surface area contributed by atoms with Gasteiger partial charge in [-0.3, -0.25) is 4.99 Å². The Morgan fingerprint density at radius 1 is 1.39 bits per heavy atom. The van der Waals surface area contributed by atoms with E-state index in [0.29, 0.717) is 12.5 Å². The molecule has 0 radical (unpaired) electrons. The number of methoxy groups -OCH3 is 1. The highest BCUT2D eigenvalue weighted by molar-refractivity contribution is 5.78. The van der Waals surface area contributed by atoms with Gasteiger partial charge in [-0.1, -0.05) is 19.1 Å². The summed E-state index contributed by atoms with van der Waals surface area (Å²) >= 11 is 0. The zero-order chi connectivity index (χ0) is 16.8. The second-order valence-electron chi connectivity index (χ2n) is 6.62. The van der Waals surface area contributed by atoms with Crippen molar-refractivity contribution in [2.24, 2.45) is 16.6 Å². The van der Waals surface area contributed by atoms with Crippen molar-refractivity contribution in [2.45, 2.75) is 25.8 Å². The zero-order valence-corrected chi connectivity index (χ0v) is 14.8. The lowest BCUT2D eigenvalue weighted by atomic mass is 10.00. The number of rotatable bonds is 5. The maximum Gasteiger partial charge on any atom is 0.191 e. The Bertz CT molecular complexity index is 522. The lowest BCUT2D eigenvalue weighted by Crippen LogP contribution is -2.43. The first-order chi connectivity index (χ1) is 11.0. The number of ether oxygens (including phenoxy) is 1. The number of hydrogen-bond acceptors (Lipinski definition) is 3. The summed E-state index contributed by atoms with van der Waals surface area (Å²) in [6.07, 6.45) is 2.40. The molecule has 1 atom stereocenters. The molecule has 0 aliphatic carbocycles. The number of likely N-dealkylation sites (tertiary alicyclic amines) is 1. The first kappa shape index (κ1) is 17.6. The standard InChI is InChI=1S/C18H30N4O/c1-14-8-10-22(11-9-14)18(19)20-13-17(21(2)3)15-6-5-7-16(12-15)23-4/h5-7,12,14,17H,8-11,13H2,1-4H3,(H2,19,20). The van der Waals surface area contributed by atoms with Gasteiger partial charge in [0.25, 0.3) is 0 Å². The lowest BCUT2D eigenvalue weighted by Gasteiger charge is -2.31. The Morgan fingerprint density at radius 3 is 2.70 bits per heavy atom. The lowest BCUT2D eigenvalue weighted by molar-refractivity contribution is 0.274. The number of nitrogens with two attached hydrogens (primary N) is 1. The third-order valence-corrected chi connectivity index (χ3v) is 4.64. The van der Waals surface area contributed by atoms with Gasteiger partial charge in [-0.15, -0.1) is 0 Å². The van der Waals surface area contributed by atoms with E-state index in [4.69, 9.17) is 10.5 Å². The molecule has 5 nitrogen and oxygen atoms in total. The highest BCUT2D eigenvalue weighted by Gasteiger charge is 2.19. The predicted molar refractivity (Wildman–Crippen MR) is 95.9 cm³/mol. The van der Waals surface area contributed by atoms with Crippen LogP contribution in [0.1, 0.15) is 31.4 Å². The fraction of sp³-hybridized carbons (Fsp3) is 0.611. The quantitative estimate of drug-likeness (QED) is 0.669. The smallest absolute Gasteiger partial charge is 0.191 e. The molecule has 1 unspecified atom stereocenters. The van der Waals surface area contributed by atoms with E-state index in [1.54, 1.807) is 7.11 Å². The van der Waals surface area contributed by atoms with Gasteiger partial charge in [0, 0.05) is 13.1 Å². The van der Waals surface area contributed by atoms with Crippen molar-refractivity contribution < 1.29 is 4.74 Å². The summed E-state index contributed by atoms with van der Waals surface area (Å²) in [5.41, 5.74) is 7.40. The minimum absolute atomic E-state index is 0.187. The van der Waals surface area contributed by atoms with Crippen molar-refractivity contribution in [1.82, 2.24) is 9.80 Å². The van der Waals surface area contributed by atoms with Crippen LogP contribution in [0.15, 0.2) is 29.3 Å².